The largest absolute Gasteiger partial charge is 0.311 e. The molecule has 1 N–H and O–H groups in total. The van der Waals surface area contributed by atoms with Gasteiger partial charge in [0.25, 0.3) is 0 Å². The molecule has 28 heavy (non-hydrogen) atoms. The highest BCUT2D eigenvalue weighted by molar-refractivity contribution is 6.02. The second kappa shape index (κ2) is 7.96. The van der Waals surface area contributed by atoms with Crippen molar-refractivity contribution >= 4 is 23.3 Å². The number of carbonyl (C=O) groups excluding carboxylic acids is 2. The minimum atomic E-state index is -0.166. The third-order valence-electron chi connectivity index (χ3n) is 5.17. The van der Waals surface area contributed by atoms with Gasteiger partial charge in [-0.3, -0.25) is 9.59 Å². The molecule has 2 heterocycles. The van der Waals surface area contributed by atoms with E-state index in [4.69, 9.17) is 0 Å². The van der Waals surface area contributed by atoms with E-state index in [2.05, 4.69) is 15.5 Å². The molecule has 1 aromatic heterocycles. The summed E-state index contributed by atoms with van der Waals surface area (Å²) < 4.78 is 1.86. The monoisotopic (exact) mass is 379 g/mol. The molecule has 2 aliphatic rings. The van der Waals surface area contributed by atoms with Gasteiger partial charge in [0.05, 0.1) is 18.5 Å². The zero-order valence-corrected chi connectivity index (χ0v) is 16.1. The van der Waals surface area contributed by atoms with Crippen LogP contribution in [0.4, 0.5) is 5.82 Å². The molecule has 1 aromatic carbocycles. The van der Waals surface area contributed by atoms with Crippen molar-refractivity contribution in [1.29, 1.82) is 0 Å². The van der Waals surface area contributed by atoms with E-state index in [1.54, 1.807) is 6.20 Å². The Morgan fingerprint density at radius 1 is 1.18 bits per heavy atom. The Morgan fingerprint density at radius 3 is 2.71 bits per heavy atom. The number of carbonyl (C=O) groups is 2. The average molecular weight is 379 g/mol. The number of hydrazone groups is 1. The lowest BCUT2D eigenvalue weighted by molar-refractivity contribution is -0.132. The summed E-state index contributed by atoms with van der Waals surface area (Å²) in [7, 11) is 0. The fourth-order valence-electron chi connectivity index (χ4n) is 3.34. The van der Waals surface area contributed by atoms with Gasteiger partial charge in [-0.2, -0.15) is 10.2 Å². The summed E-state index contributed by atoms with van der Waals surface area (Å²) in [5.41, 5.74) is 2.89. The summed E-state index contributed by atoms with van der Waals surface area (Å²) in [5, 5.41) is 13.2. The van der Waals surface area contributed by atoms with E-state index < -0.39 is 0 Å². The van der Waals surface area contributed by atoms with Crippen molar-refractivity contribution in [3.05, 3.63) is 47.7 Å². The molecule has 0 bridgehead atoms. The Morgan fingerprint density at radius 2 is 1.96 bits per heavy atom. The Hall–Kier alpha value is -2.96. The molecule has 1 aliphatic heterocycles. The number of hydrogen-bond donors (Lipinski definition) is 1. The van der Waals surface area contributed by atoms with E-state index in [-0.39, 0.29) is 24.7 Å². The lowest BCUT2D eigenvalue weighted by Crippen LogP contribution is -2.25. The molecule has 0 saturated heterocycles. The number of benzene rings is 1. The molecule has 1 aliphatic carbocycles. The van der Waals surface area contributed by atoms with Gasteiger partial charge < -0.3 is 5.32 Å². The summed E-state index contributed by atoms with van der Waals surface area (Å²) in [5.74, 6) is 1.13. The molecule has 146 valence electrons. The maximum atomic E-state index is 12.4. The highest BCUT2D eigenvalue weighted by Gasteiger charge is 2.25. The maximum absolute atomic E-state index is 12.4. The minimum absolute atomic E-state index is 0.121. The zero-order valence-electron chi connectivity index (χ0n) is 16.1. The lowest BCUT2D eigenvalue weighted by Gasteiger charge is -2.12. The first-order valence-corrected chi connectivity index (χ1v) is 9.85. The van der Waals surface area contributed by atoms with Crippen LogP contribution in [0, 0.1) is 12.8 Å². The Balaban J connectivity index is 1.30. The summed E-state index contributed by atoms with van der Waals surface area (Å²) >= 11 is 0. The second-order valence-electron chi connectivity index (χ2n) is 7.53. The van der Waals surface area contributed by atoms with Gasteiger partial charge in [0, 0.05) is 31.4 Å². The smallest absolute Gasteiger partial charge is 0.243 e. The van der Waals surface area contributed by atoms with Gasteiger partial charge in [0.2, 0.25) is 11.8 Å². The van der Waals surface area contributed by atoms with Crippen LogP contribution < -0.4 is 5.32 Å². The van der Waals surface area contributed by atoms with E-state index in [1.165, 1.54) is 17.9 Å². The predicted octanol–water partition coefficient (Wildman–Crippen LogP) is 2.96. The van der Waals surface area contributed by atoms with Crippen molar-refractivity contribution < 1.29 is 9.59 Å². The van der Waals surface area contributed by atoms with Crippen LogP contribution in [-0.4, -0.2) is 38.9 Å². The molecule has 1 saturated carbocycles. The fourth-order valence-corrected chi connectivity index (χ4v) is 3.34. The highest BCUT2D eigenvalue weighted by Crippen LogP contribution is 2.31. The van der Waals surface area contributed by atoms with E-state index in [0.29, 0.717) is 12.5 Å². The summed E-state index contributed by atoms with van der Waals surface area (Å²) in [4.78, 5) is 24.8. The van der Waals surface area contributed by atoms with Gasteiger partial charge in [-0.25, -0.2) is 9.69 Å². The fraction of sp³-hybridized carbons (Fsp3) is 0.429. The standard InChI is InChI=1S/C21H25N5O2/c1-15-13-22-26(14-16-7-8-16)21(15)23-19(27)9-10-20(28)25-12-11-18(24-25)17-5-3-2-4-6-17/h2-6,13,16H,7-12,14H2,1H3,(H,23,27). The second-order valence-corrected chi connectivity index (χ2v) is 7.53. The Labute approximate surface area is 164 Å². The van der Waals surface area contributed by atoms with Crippen LogP contribution in [0.3, 0.4) is 0 Å². The summed E-state index contributed by atoms with van der Waals surface area (Å²) in [6.07, 6.45) is 5.24. The van der Waals surface area contributed by atoms with Crippen LogP contribution in [-0.2, 0) is 16.1 Å². The molecule has 7 heteroatoms. The summed E-state index contributed by atoms with van der Waals surface area (Å²) in [6.45, 7) is 3.34. The van der Waals surface area contributed by atoms with Crippen LogP contribution >= 0.6 is 0 Å². The first-order valence-electron chi connectivity index (χ1n) is 9.85. The molecule has 0 spiro atoms. The number of nitrogens with one attached hydrogen (secondary N) is 1. The summed E-state index contributed by atoms with van der Waals surface area (Å²) in [6, 6.07) is 9.87. The molecular formula is C21H25N5O2. The van der Waals surface area contributed by atoms with Crippen molar-refractivity contribution in [1.82, 2.24) is 14.8 Å². The molecule has 0 radical (unpaired) electrons. The average Bonchev–Trinajstić information content (AvgIpc) is 3.27. The van der Waals surface area contributed by atoms with E-state index >= 15 is 0 Å². The van der Waals surface area contributed by atoms with Gasteiger partial charge >= 0.3 is 0 Å². The van der Waals surface area contributed by atoms with E-state index in [0.717, 1.165) is 35.6 Å². The first-order chi connectivity index (χ1) is 13.6. The maximum Gasteiger partial charge on any atom is 0.243 e. The van der Waals surface area contributed by atoms with Crippen molar-refractivity contribution in [2.24, 2.45) is 11.0 Å². The van der Waals surface area contributed by atoms with Crippen LogP contribution in [0.1, 0.15) is 43.2 Å². The molecule has 1 fully saturated rings. The van der Waals surface area contributed by atoms with Gasteiger partial charge in [-0.05, 0) is 31.2 Å². The van der Waals surface area contributed by atoms with Crippen molar-refractivity contribution in [2.75, 3.05) is 11.9 Å². The number of nitrogens with zero attached hydrogens (tertiary/aromatic N) is 4. The molecule has 4 rings (SSSR count). The normalized spacial score (nSPS) is 16.2. The van der Waals surface area contributed by atoms with E-state index in [1.807, 2.05) is 41.9 Å². The predicted molar refractivity (Wildman–Crippen MR) is 107 cm³/mol. The topological polar surface area (TPSA) is 79.6 Å². The van der Waals surface area contributed by atoms with Gasteiger partial charge in [0.15, 0.2) is 0 Å². The van der Waals surface area contributed by atoms with Crippen molar-refractivity contribution in [2.45, 2.75) is 45.6 Å². The van der Waals surface area contributed by atoms with Crippen LogP contribution in [0.25, 0.3) is 0 Å². The third kappa shape index (κ3) is 4.30. The lowest BCUT2D eigenvalue weighted by atomic mass is 10.1. The van der Waals surface area contributed by atoms with Crippen molar-refractivity contribution in [3.8, 4) is 0 Å². The van der Waals surface area contributed by atoms with Gasteiger partial charge in [0.1, 0.15) is 5.82 Å². The number of hydrogen-bond acceptors (Lipinski definition) is 4. The number of rotatable bonds is 7. The SMILES string of the molecule is Cc1cnn(CC2CC2)c1NC(=O)CCC(=O)N1CCC(c2ccccc2)=N1. The molecule has 2 aromatic rings. The number of anilines is 1. The van der Waals surface area contributed by atoms with E-state index in [9.17, 15) is 9.59 Å². The first kappa shape index (κ1) is 18.4. The molecule has 2 amide bonds. The molecule has 7 nitrogen and oxygen atoms in total. The van der Waals surface area contributed by atoms with Crippen LogP contribution in [0.5, 0.6) is 0 Å². The van der Waals surface area contributed by atoms with Crippen molar-refractivity contribution in [3.63, 3.8) is 0 Å². The molecule has 0 unspecified atom stereocenters. The number of aryl methyl sites for hydroxylation is 1. The highest BCUT2D eigenvalue weighted by atomic mass is 16.2. The minimum Gasteiger partial charge on any atom is -0.311 e. The quantitative estimate of drug-likeness (QED) is 0.803. The Bertz CT molecular complexity index is 899. The Kier molecular flexibility index (Phi) is 5.23. The number of aromatic nitrogens is 2. The third-order valence-corrected chi connectivity index (χ3v) is 5.17. The van der Waals surface area contributed by atoms with Gasteiger partial charge in [-0.1, -0.05) is 30.3 Å². The number of amides is 2. The van der Waals surface area contributed by atoms with Crippen LogP contribution in [0.2, 0.25) is 0 Å². The van der Waals surface area contributed by atoms with Crippen LogP contribution in [0.15, 0.2) is 41.6 Å². The molecule has 0 atom stereocenters. The van der Waals surface area contributed by atoms with Gasteiger partial charge in [-0.15, -0.1) is 0 Å². The zero-order chi connectivity index (χ0) is 19.5. The molecular weight excluding hydrogens is 354 g/mol.